The van der Waals surface area contributed by atoms with Crippen molar-refractivity contribution in [1.29, 1.82) is 0 Å². The van der Waals surface area contributed by atoms with Gasteiger partial charge in [-0.1, -0.05) is 37.3 Å². The lowest BCUT2D eigenvalue weighted by Crippen LogP contribution is -2.36. The molecule has 26 heavy (non-hydrogen) atoms. The van der Waals surface area contributed by atoms with E-state index >= 15 is 0 Å². The van der Waals surface area contributed by atoms with Crippen LogP contribution in [0.3, 0.4) is 0 Å². The lowest BCUT2D eigenvalue weighted by Gasteiger charge is -2.19. The number of carbonyl (C=O) groups is 3. The molecule has 0 aliphatic heterocycles. The standard InChI is InChI=1S/C20H21NO5/c1-13(18(22)15-8-10-16(21)11-9-15)17(19(23)25-2)20(24)26-12-14-6-4-3-5-7-14/h3-11,13,17H,12,21H2,1-2H3/t13-,17?/m0/s1. The SMILES string of the molecule is COC(=O)C(C(=O)OCc1ccccc1)[C@H](C)C(=O)c1ccc(N)cc1. The maximum absolute atomic E-state index is 12.6. The molecule has 0 saturated carbocycles. The molecule has 0 saturated heterocycles. The van der Waals surface area contributed by atoms with Crippen LogP contribution in [-0.4, -0.2) is 24.8 Å². The Morgan fingerprint density at radius 1 is 0.962 bits per heavy atom. The molecule has 1 unspecified atom stereocenters. The molecule has 6 heteroatoms. The number of ketones is 1. The first kappa shape index (κ1) is 19.2. The van der Waals surface area contributed by atoms with Crippen molar-refractivity contribution in [3.8, 4) is 0 Å². The van der Waals surface area contributed by atoms with Gasteiger partial charge in [-0.05, 0) is 29.8 Å². The summed E-state index contributed by atoms with van der Waals surface area (Å²) in [6, 6.07) is 15.3. The number of rotatable bonds is 7. The van der Waals surface area contributed by atoms with Crippen LogP contribution in [-0.2, 0) is 25.7 Å². The van der Waals surface area contributed by atoms with Gasteiger partial charge in [-0.25, -0.2) is 0 Å². The molecule has 2 atom stereocenters. The van der Waals surface area contributed by atoms with E-state index in [1.807, 2.05) is 18.2 Å². The Hall–Kier alpha value is -3.15. The summed E-state index contributed by atoms with van der Waals surface area (Å²) in [6.45, 7) is 1.51. The zero-order valence-corrected chi connectivity index (χ0v) is 14.7. The molecule has 0 fully saturated rings. The topological polar surface area (TPSA) is 95.7 Å². The molecule has 136 valence electrons. The van der Waals surface area contributed by atoms with Gasteiger partial charge in [0.1, 0.15) is 6.61 Å². The van der Waals surface area contributed by atoms with Crippen molar-refractivity contribution in [2.75, 3.05) is 12.8 Å². The van der Waals surface area contributed by atoms with Gasteiger partial charge in [0.05, 0.1) is 7.11 Å². The van der Waals surface area contributed by atoms with Crippen LogP contribution in [0.15, 0.2) is 54.6 Å². The van der Waals surface area contributed by atoms with Crippen LogP contribution in [0.25, 0.3) is 0 Å². The van der Waals surface area contributed by atoms with E-state index in [4.69, 9.17) is 15.2 Å². The smallest absolute Gasteiger partial charge is 0.321 e. The second kappa shape index (κ2) is 8.80. The van der Waals surface area contributed by atoms with Gasteiger partial charge in [-0.3, -0.25) is 14.4 Å². The minimum absolute atomic E-state index is 0.00987. The van der Waals surface area contributed by atoms with Gasteiger partial charge in [-0.15, -0.1) is 0 Å². The largest absolute Gasteiger partial charge is 0.468 e. The number of esters is 2. The molecule has 2 aromatic carbocycles. The summed E-state index contributed by atoms with van der Waals surface area (Å²) < 4.78 is 9.93. The summed E-state index contributed by atoms with van der Waals surface area (Å²) in [6.07, 6.45) is 0. The molecule has 0 heterocycles. The van der Waals surface area contributed by atoms with Crippen LogP contribution in [0.2, 0.25) is 0 Å². The highest BCUT2D eigenvalue weighted by Crippen LogP contribution is 2.22. The van der Waals surface area contributed by atoms with E-state index in [-0.39, 0.29) is 12.4 Å². The third-order valence-electron chi connectivity index (χ3n) is 4.04. The molecule has 0 amide bonds. The van der Waals surface area contributed by atoms with Gasteiger partial charge in [-0.2, -0.15) is 0 Å². The Balaban J connectivity index is 2.14. The average Bonchev–Trinajstić information content (AvgIpc) is 2.67. The maximum atomic E-state index is 12.6. The van der Waals surface area contributed by atoms with Crippen molar-refractivity contribution in [3.05, 3.63) is 65.7 Å². The van der Waals surface area contributed by atoms with Crippen LogP contribution in [0.1, 0.15) is 22.8 Å². The molecule has 2 rings (SSSR count). The van der Waals surface area contributed by atoms with Crippen molar-refractivity contribution in [1.82, 2.24) is 0 Å². The third kappa shape index (κ3) is 4.69. The van der Waals surface area contributed by atoms with Crippen LogP contribution >= 0.6 is 0 Å². The van der Waals surface area contributed by atoms with Crippen molar-refractivity contribution >= 4 is 23.4 Å². The third-order valence-corrected chi connectivity index (χ3v) is 4.04. The Morgan fingerprint density at radius 2 is 1.58 bits per heavy atom. The van der Waals surface area contributed by atoms with Gasteiger partial charge < -0.3 is 15.2 Å². The number of Topliss-reactive ketones (excluding diaryl/α,β-unsaturated/α-hetero) is 1. The average molecular weight is 355 g/mol. The second-order valence-electron chi connectivity index (χ2n) is 5.87. The first-order valence-electron chi connectivity index (χ1n) is 8.12. The van der Waals surface area contributed by atoms with Crippen molar-refractivity contribution in [2.45, 2.75) is 13.5 Å². The van der Waals surface area contributed by atoms with Crippen molar-refractivity contribution < 1.29 is 23.9 Å². The molecular formula is C20H21NO5. The second-order valence-corrected chi connectivity index (χ2v) is 5.87. The number of methoxy groups -OCH3 is 1. The predicted octanol–water partition coefficient (Wildman–Crippen LogP) is 2.62. The number of nitrogens with two attached hydrogens (primary N) is 1. The van der Waals surface area contributed by atoms with Gasteiger partial charge in [0.15, 0.2) is 11.7 Å². The summed E-state index contributed by atoms with van der Waals surface area (Å²) in [5.74, 6) is -4.24. The van der Waals surface area contributed by atoms with Gasteiger partial charge >= 0.3 is 11.9 Å². The van der Waals surface area contributed by atoms with Crippen LogP contribution in [0, 0.1) is 11.8 Å². The number of anilines is 1. The summed E-state index contributed by atoms with van der Waals surface area (Å²) in [7, 11) is 1.17. The van der Waals surface area contributed by atoms with Gasteiger partial charge in [0, 0.05) is 17.2 Å². The quantitative estimate of drug-likeness (QED) is 0.355. The fourth-order valence-electron chi connectivity index (χ4n) is 2.51. The summed E-state index contributed by atoms with van der Waals surface area (Å²) in [4.78, 5) is 37.2. The fraction of sp³-hybridized carbons (Fsp3) is 0.250. The normalized spacial score (nSPS) is 12.7. The van der Waals surface area contributed by atoms with Gasteiger partial charge in [0.2, 0.25) is 0 Å². The molecule has 2 N–H and O–H groups in total. The lowest BCUT2D eigenvalue weighted by atomic mass is 9.87. The highest BCUT2D eigenvalue weighted by molar-refractivity contribution is 6.05. The number of hydrogen-bond acceptors (Lipinski definition) is 6. The summed E-state index contributed by atoms with van der Waals surface area (Å²) in [5, 5.41) is 0. The van der Waals surface area contributed by atoms with E-state index < -0.39 is 23.8 Å². The number of carbonyl (C=O) groups excluding carboxylic acids is 3. The Morgan fingerprint density at radius 3 is 2.15 bits per heavy atom. The van der Waals surface area contributed by atoms with E-state index in [0.29, 0.717) is 11.3 Å². The lowest BCUT2D eigenvalue weighted by molar-refractivity contribution is -0.163. The number of ether oxygens (including phenoxy) is 2. The molecule has 0 spiro atoms. The van der Waals surface area contributed by atoms with E-state index in [0.717, 1.165) is 5.56 Å². The Bertz CT molecular complexity index is 771. The zero-order valence-electron chi connectivity index (χ0n) is 14.7. The monoisotopic (exact) mass is 355 g/mol. The van der Waals surface area contributed by atoms with Crippen LogP contribution < -0.4 is 5.73 Å². The van der Waals surface area contributed by atoms with Crippen molar-refractivity contribution in [3.63, 3.8) is 0 Å². The van der Waals surface area contributed by atoms with Crippen LogP contribution in [0.5, 0.6) is 0 Å². The highest BCUT2D eigenvalue weighted by atomic mass is 16.5. The first-order valence-corrected chi connectivity index (χ1v) is 8.12. The van der Waals surface area contributed by atoms with E-state index in [1.54, 1.807) is 36.4 Å². The van der Waals surface area contributed by atoms with E-state index in [1.165, 1.54) is 14.0 Å². The minimum atomic E-state index is -1.34. The molecule has 2 aromatic rings. The molecule has 0 aliphatic rings. The zero-order chi connectivity index (χ0) is 19.1. The van der Waals surface area contributed by atoms with Crippen molar-refractivity contribution in [2.24, 2.45) is 11.8 Å². The maximum Gasteiger partial charge on any atom is 0.321 e. The number of hydrogen-bond donors (Lipinski definition) is 1. The first-order chi connectivity index (χ1) is 12.4. The van der Waals surface area contributed by atoms with E-state index in [9.17, 15) is 14.4 Å². The molecule has 0 aliphatic carbocycles. The number of nitrogen functional groups attached to an aromatic ring is 1. The minimum Gasteiger partial charge on any atom is -0.468 e. The molecule has 0 bridgehead atoms. The van der Waals surface area contributed by atoms with E-state index in [2.05, 4.69) is 0 Å². The Kier molecular flexibility index (Phi) is 6.49. The highest BCUT2D eigenvalue weighted by Gasteiger charge is 2.38. The fourth-order valence-corrected chi connectivity index (χ4v) is 2.51. The summed E-state index contributed by atoms with van der Waals surface area (Å²) >= 11 is 0. The molecule has 0 radical (unpaired) electrons. The van der Waals surface area contributed by atoms with Crippen LogP contribution in [0.4, 0.5) is 5.69 Å². The Labute approximate surface area is 151 Å². The number of benzene rings is 2. The molecule has 6 nitrogen and oxygen atoms in total. The molecular weight excluding hydrogens is 334 g/mol. The molecule has 0 aromatic heterocycles. The van der Waals surface area contributed by atoms with Gasteiger partial charge in [0.25, 0.3) is 0 Å². The predicted molar refractivity (Wildman–Crippen MR) is 96.1 cm³/mol. The summed E-state index contributed by atoms with van der Waals surface area (Å²) in [5.41, 5.74) is 7.27.